The summed E-state index contributed by atoms with van der Waals surface area (Å²) in [6, 6.07) is 15.3. The summed E-state index contributed by atoms with van der Waals surface area (Å²) in [7, 11) is -1.25. The molecular weight excluding hydrogens is 534 g/mol. The van der Waals surface area contributed by atoms with Crippen LogP contribution in [0.1, 0.15) is 50.2 Å². The van der Waals surface area contributed by atoms with Crippen molar-refractivity contribution in [2.75, 3.05) is 25.5 Å². The Morgan fingerprint density at radius 2 is 1.78 bits per heavy atom. The van der Waals surface area contributed by atoms with E-state index in [4.69, 9.17) is 4.98 Å². The predicted molar refractivity (Wildman–Crippen MR) is 164 cm³/mol. The minimum atomic E-state index is -3.41. The number of likely N-dealkylation sites (tertiary alicyclic amines) is 1. The number of anilines is 2. The van der Waals surface area contributed by atoms with E-state index in [2.05, 4.69) is 46.5 Å². The van der Waals surface area contributed by atoms with Crippen LogP contribution < -0.4 is 10.9 Å². The molecule has 1 atom stereocenters. The van der Waals surface area contributed by atoms with Gasteiger partial charge < -0.3 is 10.2 Å². The molecule has 0 bridgehead atoms. The largest absolute Gasteiger partial charge is 0.324 e. The van der Waals surface area contributed by atoms with Crippen molar-refractivity contribution in [2.24, 2.45) is 5.92 Å². The second kappa shape index (κ2) is 10.7. The van der Waals surface area contributed by atoms with Crippen LogP contribution in [0.3, 0.4) is 0 Å². The second-order valence-corrected chi connectivity index (χ2v) is 14.5. The molecule has 0 spiro atoms. The lowest BCUT2D eigenvalue weighted by molar-refractivity contribution is 0.411. The summed E-state index contributed by atoms with van der Waals surface area (Å²) in [5, 5.41) is 3.57. The van der Waals surface area contributed by atoms with Gasteiger partial charge in [0.05, 0.1) is 10.1 Å². The van der Waals surface area contributed by atoms with Crippen LogP contribution in [-0.4, -0.2) is 53.2 Å². The molecule has 4 aromatic rings. The highest BCUT2D eigenvalue weighted by molar-refractivity contribution is 7.92. The third kappa shape index (κ3) is 5.53. The minimum Gasteiger partial charge on any atom is -0.324 e. The fourth-order valence-electron chi connectivity index (χ4n) is 5.70. The van der Waals surface area contributed by atoms with Gasteiger partial charge in [-0.3, -0.25) is 9.36 Å². The Morgan fingerprint density at radius 1 is 1.02 bits per heavy atom. The smallest absolute Gasteiger partial charge is 0.260 e. The zero-order valence-corrected chi connectivity index (χ0v) is 24.9. The Morgan fingerprint density at radius 3 is 2.41 bits per heavy atom. The molecule has 214 valence electrons. The summed E-state index contributed by atoms with van der Waals surface area (Å²) in [5.41, 5.74) is 4.72. The molecule has 9 heteroatoms. The summed E-state index contributed by atoms with van der Waals surface area (Å²) in [4.78, 5) is 25.9. The van der Waals surface area contributed by atoms with E-state index < -0.39 is 15.1 Å². The lowest BCUT2D eigenvalue weighted by Crippen LogP contribution is -2.24. The number of fused-ring (bicyclic) bond motifs is 1. The SMILES string of the molecule is Cc1cc(S(=O)(=O)C(C)C)ccc1-c1cc2cnc(Nc3ccc(C4CCN(C)C4)cc3)nc2n(CC2CC2)c1=O. The van der Waals surface area contributed by atoms with Crippen LogP contribution in [0.15, 0.2) is 64.4 Å². The molecule has 1 unspecified atom stereocenters. The summed E-state index contributed by atoms with van der Waals surface area (Å²) >= 11 is 0. The molecule has 3 heterocycles. The Bertz CT molecular complexity index is 1780. The van der Waals surface area contributed by atoms with Crippen molar-refractivity contribution in [3.63, 3.8) is 0 Å². The molecule has 1 saturated carbocycles. The molecule has 6 rings (SSSR count). The number of likely N-dealkylation sites (N-methyl/N-ethyl adjacent to an activating group) is 1. The van der Waals surface area contributed by atoms with Crippen molar-refractivity contribution in [1.82, 2.24) is 19.4 Å². The van der Waals surface area contributed by atoms with Crippen LogP contribution in [0, 0.1) is 12.8 Å². The minimum absolute atomic E-state index is 0.123. The summed E-state index contributed by atoms with van der Waals surface area (Å²) < 4.78 is 27.2. The number of aromatic nitrogens is 3. The van der Waals surface area contributed by atoms with Gasteiger partial charge in [-0.25, -0.2) is 13.4 Å². The molecule has 2 aromatic carbocycles. The summed E-state index contributed by atoms with van der Waals surface area (Å²) in [6.45, 7) is 8.01. The van der Waals surface area contributed by atoms with Crippen LogP contribution in [0.25, 0.3) is 22.2 Å². The Hall–Kier alpha value is -3.56. The van der Waals surface area contributed by atoms with E-state index in [0.29, 0.717) is 35.5 Å². The first kappa shape index (κ1) is 27.6. The maximum absolute atomic E-state index is 13.9. The fraction of sp³-hybridized carbons (Fsp3) is 0.406. The first-order chi connectivity index (χ1) is 19.6. The van der Waals surface area contributed by atoms with Crippen molar-refractivity contribution in [1.29, 1.82) is 0 Å². The normalized spacial score (nSPS) is 17.9. The number of rotatable bonds is 8. The van der Waals surface area contributed by atoms with E-state index in [1.54, 1.807) is 42.8 Å². The van der Waals surface area contributed by atoms with Crippen molar-refractivity contribution in [3.8, 4) is 11.1 Å². The Kier molecular flexibility index (Phi) is 7.20. The van der Waals surface area contributed by atoms with Crippen molar-refractivity contribution in [3.05, 3.63) is 76.2 Å². The van der Waals surface area contributed by atoms with Gasteiger partial charge in [-0.15, -0.1) is 0 Å². The third-order valence-electron chi connectivity index (χ3n) is 8.43. The van der Waals surface area contributed by atoms with Gasteiger partial charge in [-0.2, -0.15) is 4.98 Å². The maximum Gasteiger partial charge on any atom is 0.260 e. The van der Waals surface area contributed by atoms with Crippen LogP contribution in [0.5, 0.6) is 0 Å². The second-order valence-electron chi connectivity index (χ2n) is 12.0. The molecule has 2 fully saturated rings. The molecule has 0 amide bonds. The molecule has 1 aliphatic heterocycles. The number of hydrogen-bond acceptors (Lipinski definition) is 7. The molecular formula is C32H37N5O3S. The number of pyridine rings is 1. The highest BCUT2D eigenvalue weighted by atomic mass is 32.2. The van der Waals surface area contributed by atoms with E-state index >= 15 is 0 Å². The van der Waals surface area contributed by atoms with E-state index in [-0.39, 0.29) is 10.5 Å². The molecule has 0 radical (unpaired) electrons. The molecule has 1 N–H and O–H groups in total. The zero-order valence-electron chi connectivity index (χ0n) is 24.1. The van der Waals surface area contributed by atoms with Gasteiger partial charge in [0.25, 0.3) is 5.56 Å². The van der Waals surface area contributed by atoms with Crippen molar-refractivity contribution >= 4 is 32.5 Å². The Balaban J connectivity index is 1.34. The van der Waals surface area contributed by atoms with E-state index in [0.717, 1.165) is 48.1 Å². The zero-order chi connectivity index (χ0) is 28.9. The molecule has 1 saturated heterocycles. The van der Waals surface area contributed by atoms with Crippen LogP contribution >= 0.6 is 0 Å². The third-order valence-corrected chi connectivity index (χ3v) is 10.6. The van der Waals surface area contributed by atoms with Gasteiger partial charge in [-0.05, 0) is 112 Å². The van der Waals surface area contributed by atoms with E-state index in [1.165, 1.54) is 12.0 Å². The van der Waals surface area contributed by atoms with Crippen molar-refractivity contribution < 1.29 is 8.42 Å². The standard InChI is InChI=1S/C32H37N5O3S/c1-20(2)41(39,40)27-11-12-28(21(3)15-27)29-16-25-17-33-32(35-30(25)37(31(29)38)18-22-5-6-22)34-26-9-7-23(8-10-26)24-13-14-36(4)19-24/h7-12,15-17,20,22,24H,5-6,13-14,18-19H2,1-4H3,(H,33,34,35). The maximum atomic E-state index is 13.9. The molecule has 8 nitrogen and oxygen atoms in total. The Labute approximate surface area is 241 Å². The van der Waals surface area contributed by atoms with Gasteiger partial charge >= 0.3 is 0 Å². The topological polar surface area (TPSA) is 97.2 Å². The molecule has 41 heavy (non-hydrogen) atoms. The van der Waals surface area contributed by atoms with Gasteiger partial charge in [0.2, 0.25) is 5.95 Å². The van der Waals surface area contributed by atoms with Crippen LogP contribution in [0.4, 0.5) is 11.6 Å². The van der Waals surface area contributed by atoms with Gasteiger partial charge in [0, 0.05) is 35.9 Å². The highest BCUT2D eigenvalue weighted by Crippen LogP contribution is 2.33. The van der Waals surface area contributed by atoms with Gasteiger partial charge in [0.15, 0.2) is 9.84 Å². The van der Waals surface area contributed by atoms with Gasteiger partial charge in [0.1, 0.15) is 5.65 Å². The van der Waals surface area contributed by atoms with Crippen LogP contribution in [-0.2, 0) is 16.4 Å². The highest BCUT2D eigenvalue weighted by Gasteiger charge is 2.26. The average molecular weight is 572 g/mol. The van der Waals surface area contributed by atoms with Crippen molar-refractivity contribution in [2.45, 2.75) is 62.6 Å². The molecule has 2 aromatic heterocycles. The monoisotopic (exact) mass is 571 g/mol. The van der Waals surface area contributed by atoms with E-state index in [1.807, 2.05) is 13.0 Å². The fourth-order valence-corrected chi connectivity index (χ4v) is 6.85. The van der Waals surface area contributed by atoms with E-state index in [9.17, 15) is 13.2 Å². The number of nitrogens with zero attached hydrogens (tertiary/aromatic N) is 4. The lowest BCUT2D eigenvalue weighted by atomic mass is 9.98. The quantitative estimate of drug-likeness (QED) is 0.297. The van der Waals surface area contributed by atoms with Crippen LogP contribution in [0.2, 0.25) is 0 Å². The molecule has 2 aliphatic rings. The summed E-state index contributed by atoms with van der Waals surface area (Å²) in [5.74, 6) is 1.47. The number of aryl methyl sites for hydroxylation is 1. The number of hydrogen-bond donors (Lipinski definition) is 1. The average Bonchev–Trinajstić information content (AvgIpc) is 3.67. The van der Waals surface area contributed by atoms with Gasteiger partial charge in [-0.1, -0.05) is 18.2 Å². The lowest BCUT2D eigenvalue weighted by Gasteiger charge is -2.15. The number of sulfone groups is 1. The first-order valence-electron chi connectivity index (χ1n) is 14.4. The summed E-state index contributed by atoms with van der Waals surface area (Å²) in [6.07, 6.45) is 5.13. The first-order valence-corrected chi connectivity index (χ1v) is 16.0. The predicted octanol–water partition coefficient (Wildman–Crippen LogP) is 5.52. The number of benzene rings is 2. The molecule has 1 aliphatic carbocycles. The number of nitrogens with one attached hydrogen (secondary N) is 1.